The van der Waals surface area contributed by atoms with Gasteiger partial charge in [0.05, 0.1) is 17.9 Å². The van der Waals surface area contributed by atoms with Crippen molar-refractivity contribution in [1.29, 1.82) is 0 Å². The lowest BCUT2D eigenvalue weighted by molar-refractivity contribution is 0.0746. The van der Waals surface area contributed by atoms with Crippen LogP contribution in [-0.2, 0) is 0 Å². The predicted octanol–water partition coefficient (Wildman–Crippen LogP) is 0.895. The Kier molecular flexibility index (Phi) is 3.37. The maximum atomic E-state index is 12.2. The molecule has 2 aromatic heterocycles. The number of aromatic nitrogens is 3. The van der Waals surface area contributed by atoms with Gasteiger partial charge in [0.1, 0.15) is 0 Å². The van der Waals surface area contributed by atoms with Crippen LogP contribution in [0.1, 0.15) is 10.4 Å². The molecule has 98 valence electrons. The van der Waals surface area contributed by atoms with Crippen LogP contribution >= 0.6 is 11.7 Å². The van der Waals surface area contributed by atoms with Crippen LogP contribution in [-0.4, -0.2) is 50.7 Å². The number of amides is 1. The van der Waals surface area contributed by atoms with Gasteiger partial charge in [0.15, 0.2) is 5.82 Å². The van der Waals surface area contributed by atoms with Gasteiger partial charge in [-0.2, -0.15) is 8.75 Å². The van der Waals surface area contributed by atoms with Crippen molar-refractivity contribution in [2.45, 2.75) is 0 Å². The summed E-state index contributed by atoms with van der Waals surface area (Å²) in [7, 11) is 0. The van der Waals surface area contributed by atoms with Gasteiger partial charge in [-0.1, -0.05) is 0 Å². The molecular weight excluding hydrogens is 262 g/mol. The van der Waals surface area contributed by atoms with E-state index in [1.54, 1.807) is 30.7 Å². The van der Waals surface area contributed by atoms with Gasteiger partial charge in [-0.25, -0.2) is 0 Å². The maximum absolute atomic E-state index is 12.2. The molecule has 0 atom stereocenters. The minimum absolute atomic E-state index is 0.0680. The molecule has 1 saturated heterocycles. The van der Waals surface area contributed by atoms with E-state index in [1.165, 1.54) is 11.7 Å². The zero-order valence-electron chi connectivity index (χ0n) is 10.3. The van der Waals surface area contributed by atoms with Crippen LogP contribution in [0.25, 0.3) is 0 Å². The quantitative estimate of drug-likeness (QED) is 0.814. The fourth-order valence-corrected chi connectivity index (χ4v) is 2.55. The van der Waals surface area contributed by atoms with Gasteiger partial charge in [0.2, 0.25) is 0 Å². The highest BCUT2D eigenvalue weighted by Crippen LogP contribution is 2.14. The van der Waals surface area contributed by atoms with E-state index in [9.17, 15) is 4.79 Å². The van der Waals surface area contributed by atoms with Gasteiger partial charge in [0, 0.05) is 44.1 Å². The van der Waals surface area contributed by atoms with Crippen molar-refractivity contribution in [3.8, 4) is 0 Å². The molecule has 3 rings (SSSR count). The SMILES string of the molecule is O=C(c1ccncc1)N1CCN(c2cnsn2)CC1. The van der Waals surface area contributed by atoms with E-state index in [-0.39, 0.29) is 5.91 Å². The van der Waals surface area contributed by atoms with Crippen LogP contribution in [0.15, 0.2) is 30.7 Å². The molecule has 0 N–H and O–H groups in total. The Morgan fingerprint density at radius 3 is 2.53 bits per heavy atom. The number of hydrogen-bond acceptors (Lipinski definition) is 6. The number of nitrogens with zero attached hydrogens (tertiary/aromatic N) is 5. The number of carbonyl (C=O) groups excluding carboxylic acids is 1. The molecule has 0 spiro atoms. The topological polar surface area (TPSA) is 62.2 Å². The highest BCUT2D eigenvalue weighted by Gasteiger charge is 2.23. The van der Waals surface area contributed by atoms with Crippen molar-refractivity contribution >= 4 is 23.5 Å². The van der Waals surface area contributed by atoms with E-state index >= 15 is 0 Å². The number of anilines is 1. The Labute approximate surface area is 115 Å². The number of piperazine rings is 1. The minimum Gasteiger partial charge on any atom is -0.351 e. The lowest BCUT2D eigenvalue weighted by Crippen LogP contribution is -2.48. The Morgan fingerprint density at radius 1 is 1.16 bits per heavy atom. The summed E-state index contributed by atoms with van der Waals surface area (Å²) in [6, 6.07) is 3.50. The molecule has 6 nitrogen and oxygen atoms in total. The minimum atomic E-state index is 0.0680. The monoisotopic (exact) mass is 275 g/mol. The van der Waals surface area contributed by atoms with Crippen molar-refractivity contribution in [3.05, 3.63) is 36.3 Å². The zero-order chi connectivity index (χ0) is 13.1. The maximum Gasteiger partial charge on any atom is 0.254 e. The van der Waals surface area contributed by atoms with E-state index < -0.39 is 0 Å². The number of pyridine rings is 1. The Morgan fingerprint density at radius 2 is 1.89 bits per heavy atom. The van der Waals surface area contributed by atoms with Gasteiger partial charge in [0.25, 0.3) is 5.91 Å². The molecule has 3 heterocycles. The molecule has 19 heavy (non-hydrogen) atoms. The van der Waals surface area contributed by atoms with Gasteiger partial charge >= 0.3 is 0 Å². The van der Waals surface area contributed by atoms with Crippen LogP contribution in [0.5, 0.6) is 0 Å². The smallest absolute Gasteiger partial charge is 0.254 e. The molecule has 0 bridgehead atoms. The van der Waals surface area contributed by atoms with Crippen molar-refractivity contribution in [2.24, 2.45) is 0 Å². The Bertz CT molecular complexity index is 537. The number of carbonyl (C=O) groups is 1. The largest absolute Gasteiger partial charge is 0.351 e. The fraction of sp³-hybridized carbons (Fsp3) is 0.333. The summed E-state index contributed by atoms with van der Waals surface area (Å²) in [6.07, 6.45) is 5.06. The van der Waals surface area contributed by atoms with Gasteiger partial charge < -0.3 is 9.80 Å². The van der Waals surface area contributed by atoms with Crippen LogP contribution < -0.4 is 4.90 Å². The number of hydrogen-bond donors (Lipinski definition) is 0. The molecule has 1 amide bonds. The van der Waals surface area contributed by atoms with Crippen LogP contribution in [0, 0.1) is 0 Å². The molecule has 7 heteroatoms. The summed E-state index contributed by atoms with van der Waals surface area (Å²) in [6.45, 7) is 3.00. The molecule has 1 aliphatic heterocycles. The molecule has 2 aromatic rings. The summed E-state index contributed by atoms with van der Waals surface area (Å²) >= 11 is 1.21. The molecule has 0 radical (unpaired) electrons. The van der Waals surface area contributed by atoms with E-state index in [1.807, 2.05) is 4.90 Å². The standard InChI is InChI=1S/C12H13N5OS/c18-12(10-1-3-13-4-2-10)17-7-5-16(6-8-17)11-9-14-19-15-11/h1-4,9H,5-8H2. The molecule has 1 fully saturated rings. The third-order valence-electron chi connectivity index (χ3n) is 3.17. The fourth-order valence-electron chi connectivity index (χ4n) is 2.11. The van der Waals surface area contributed by atoms with Crippen molar-refractivity contribution < 1.29 is 4.79 Å². The van der Waals surface area contributed by atoms with Crippen molar-refractivity contribution in [3.63, 3.8) is 0 Å². The second-order valence-corrected chi connectivity index (χ2v) is 4.84. The molecule has 1 aliphatic rings. The van der Waals surface area contributed by atoms with Gasteiger partial charge in [-0.05, 0) is 12.1 Å². The first-order valence-corrected chi connectivity index (χ1v) is 6.79. The molecular formula is C12H13N5OS. The lowest BCUT2D eigenvalue weighted by Gasteiger charge is -2.34. The highest BCUT2D eigenvalue weighted by molar-refractivity contribution is 6.99. The van der Waals surface area contributed by atoms with Gasteiger partial charge in [-0.15, -0.1) is 0 Å². The van der Waals surface area contributed by atoms with Crippen LogP contribution in [0.4, 0.5) is 5.82 Å². The molecule has 0 saturated carbocycles. The lowest BCUT2D eigenvalue weighted by atomic mass is 10.2. The van der Waals surface area contributed by atoms with Crippen LogP contribution in [0.3, 0.4) is 0 Å². The molecule has 0 aromatic carbocycles. The van der Waals surface area contributed by atoms with Crippen molar-refractivity contribution in [1.82, 2.24) is 18.6 Å². The van der Waals surface area contributed by atoms with E-state index in [2.05, 4.69) is 18.6 Å². The Hall–Kier alpha value is -2.02. The number of rotatable bonds is 2. The summed E-state index contributed by atoms with van der Waals surface area (Å²) < 4.78 is 8.21. The second kappa shape index (κ2) is 5.31. The zero-order valence-corrected chi connectivity index (χ0v) is 11.1. The van der Waals surface area contributed by atoms with E-state index in [0.29, 0.717) is 18.7 Å². The normalized spacial score (nSPS) is 15.6. The van der Waals surface area contributed by atoms with E-state index in [0.717, 1.165) is 18.9 Å². The van der Waals surface area contributed by atoms with E-state index in [4.69, 9.17) is 0 Å². The first-order valence-electron chi connectivity index (χ1n) is 6.06. The average molecular weight is 275 g/mol. The van der Waals surface area contributed by atoms with Crippen LogP contribution in [0.2, 0.25) is 0 Å². The molecule has 0 unspecified atom stereocenters. The molecule has 0 aliphatic carbocycles. The summed E-state index contributed by atoms with van der Waals surface area (Å²) in [5, 5.41) is 0. The third-order valence-corrected chi connectivity index (χ3v) is 3.64. The Balaban J connectivity index is 1.63. The first kappa shape index (κ1) is 12.0. The first-order chi connectivity index (χ1) is 9.34. The second-order valence-electron chi connectivity index (χ2n) is 4.28. The van der Waals surface area contributed by atoms with Gasteiger partial charge in [-0.3, -0.25) is 9.78 Å². The summed E-state index contributed by atoms with van der Waals surface area (Å²) in [5.41, 5.74) is 0.693. The summed E-state index contributed by atoms with van der Waals surface area (Å²) in [4.78, 5) is 20.2. The third kappa shape index (κ3) is 2.55. The summed E-state index contributed by atoms with van der Waals surface area (Å²) in [5.74, 6) is 0.972. The van der Waals surface area contributed by atoms with Crippen molar-refractivity contribution in [2.75, 3.05) is 31.1 Å². The predicted molar refractivity (Wildman–Crippen MR) is 72.3 cm³/mol. The average Bonchev–Trinajstić information content (AvgIpc) is 3.02. The highest BCUT2D eigenvalue weighted by atomic mass is 32.1.